The van der Waals surface area contributed by atoms with Crippen LogP contribution in [0.3, 0.4) is 0 Å². The highest BCUT2D eigenvalue weighted by atomic mass is 19.1. The summed E-state index contributed by atoms with van der Waals surface area (Å²) < 4.78 is 22.1. The van der Waals surface area contributed by atoms with Gasteiger partial charge in [0.15, 0.2) is 5.82 Å². The van der Waals surface area contributed by atoms with Gasteiger partial charge in [0.05, 0.1) is 6.61 Å². The first-order valence-corrected chi connectivity index (χ1v) is 11.2. The van der Waals surface area contributed by atoms with Gasteiger partial charge in [-0.3, -0.25) is 4.79 Å². The highest BCUT2D eigenvalue weighted by molar-refractivity contribution is 5.36. The molecule has 2 aromatic carbocycles. The van der Waals surface area contributed by atoms with Crippen LogP contribution in [0.15, 0.2) is 65.7 Å². The maximum atomic E-state index is 14.3. The highest BCUT2D eigenvalue weighted by Crippen LogP contribution is 2.38. The molecule has 0 spiro atoms. The Bertz CT molecular complexity index is 1070. The fraction of sp³-hybridized carbons (Fsp3) is 0.385. The van der Waals surface area contributed by atoms with Crippen molar-refractivity contribution in [3.05, 3.63) is 88.2 Å². The fourth-order valence-electron chi connectivity index (χ4n) is 4.41. The third kappa shape index (κ3) is 4.85. The van der Waals surface area contributed by atoms with Gasteiger partial charge in [-0.2, -0.15) is 0 Å². The Labute approximate surface area is 188 Å². The lowest BCUT2D eigenvalue weighted by atomic mass is 9.74. The van der Waals surface area contributed by atoms with Gasteiger partial charge >= 0.3 is 0 Å². The van der Waals surface area contributed by atoms with Gasteiger partial charge in [0.1, 0.15) is 11.6 Å². The van der Waals surface area contributed by atoms with Crippen molar-refractivity contribution < 1.29 is 9.13 Å². The summed E-state index contributed by atoms with van der Waals surface area (Å²) in [6.07, 6.45) is 6.53. The number of hydrogen-bond donors (Lipinski definition) is 0. The standard InChI is InChI=1S/C26H30FN3O2/c1-20-7-3-6-10-23(20)32-19-26(12-11-21-8-4-5-9-22(21)27)13-16-30(17-14-26)24-25(31)29(2)18-15-28-24/h3-10,15,18H,11-14,16-17,19H2,1-2H3. The maximum absolute atomic E-state index is 14.3. The van der Waals surface area contributed by atoms with Crippen LogP contribution in [0.4, 0.5) is 10.2 Å². The lowest BCUT2D eigenvalue weighted by Crippen LogP contribution is -2.45. The number of para-hydroxylation sites is 1. The SMILES string of the molecule is Cc1ccccc1OCC1(CCc2ccccc2F)CCN(c2nccn(C)c2=O)CC1. The number of aromatic nitrogens is 2. The zero-order valence-electron chi connectivity index (χ0n) is 18.8. The lowest BCUT2D eigenvalue weighted by molar-refractivity contribution is 0.101. The minimum atomic E-state index is -0.156. The Morgan fingerprint density at radius 3 is 2.56 bits per heavy atom. The van der Waals surface area contributed by atoms with Crippen LogP contribution < -0.4 is 15.2 Å². The summed E-state index contributed by atoms with van der Waals surface area (Å²) in [7, 11) is 1.74. The number of halogens is 1. The van der Waals surface area contributed by atoms with E-state index in [9.17, 15) is 9.18 Å². The number of anilines is 1. The predicted octanol–water partition coefficient (Wildman–Crippen LogP) is 4.53. The molecule has 1 saturated heterocycles. The monoisotopic (exact) mass is 435 g/mol. The van der Waals surface area contributed by atoms with Gasteiger partial charge in [-0.15, -0.1) is 0 Å². The second-order valence-corrected chi connectivity index (χ2v) is 8.80. The molecular weight excluding hydrogens is 405 g/mol. The second-order valence-electron chi connectivity index (χ2n) is 8.80. The molecule has 0 atom stereocenters. The van der Waals surface area contributed by atoms with Gasteiger partial charge in [0, 0.05) is 37.9 Å². The molecule has 32 heavy (non-hydrogen) atoms. The van der Waals surface area contributed by atoms with Crippen molar-refractivity contribution in [3.8, 4) is 5.75 Å². The summed E-state index contributed by atoms with van der Waals surface area (Å²) in [5.41, 5.74) is 1.67. The molecule has 3 aromatic rings. The maximum Gasteiger partial charge on any atom is 0.293 e. The van der Waals surface area contributed by atoms with Crippen LogP contribution in [-0.2, 0) is 13.5 Å². The molecular formula is C26H30FN3O2. The Morgan fingerprint density at radius 1 is 1.09 bits per heavy atom. The number of nitrogens with zero attached hydrogens (tertiary/aromatic N) is 3. The molecule has 6 heteroatoms. The number of rotatable bonds is 7. The molecule has 0 N–H and O–H groups in total. The van der Waals surface area contributed by atoms with Gasteiger partial charge in [-0.1, -0.05) is 36.4 Å². The molecule has 1 aromatic heterocycles. The Kier molecular flexibility index (Phi) is 6.58. The zero-order valence-corrected chi connectivity index (χ0v) is 18.8. The molecule has 1 fully saturated rings. The minimum absolute atomic E-state index is 0.0810. The van der Waals surface area contributed by atoms with E-state index in [1.165, 1.54) is 6.07 Å². The van der Waals surface area contributed by atoms with Crippen molar-refractivity contribution in [2.75, 3.05) is 24.6 Å². The van der Waals surface area contributed by atoms with Crippen LogP contribution in [0.2, 0.25) is 0 Å². The van der Waals surface area contributed by atoms with Gasteiger partial charge in [0.25, 0.3) is 5.56 Å². The molecule has 1 aliphatic heterocycles. The Morgan fingerprint density at radius 2 is 1.81 bits per heavy atom. The summed E-state index contributed by atoms with van der Waals surface area (Å²) in [6.45, 7) is 4.06. The van der Waals surface area contributed by atoms with Crippen molar-refractivity contribution in [2.24, 2.45) is 12.5 Å². The topological polar surface area (TPSA) is 47.4 Å². The summed E-state index contributed by atoms with van der Waals surface area (Å²) in [4.78, 5) is 18.9. The second kappa shape index (κ2) is 9.55. The van der Waals surface area contributed by atoms with Crippen LogP contribution in [0, 0.1) is 18.2 Å². The smallest absolute Gasteiger partial charge is 0.293 e. The first-order chi connectivity index (χ1) is 15.5. The van der Waals surface area contributed by atoms with Crippen LogP contribution in [0.5, 0.6) is 5.75 Å². The van der Waals surface area contributed by atoms with Crippen LogP contribution >= 0.6 is 0 Å². The molecule has 0 aliphatic carbocycles. The normalized spacial score (nSPS) is 15.5. The molecule has 1 aliphatic rings. The molecule has 0 bridgehead atoms. The average Bonchev–Trinajstić information content (AvgIpc) is 2.81. The van der Waals surface area contributed by atoms with E-state index in [2.05, 4.69) is 9.88 Å². The molecule has 4 rings (SSSR count). The van der Waals surface area contributed by atoms with E-state index >= 15 is 0 Å². The quantitative estimate of drug-likeness (QED) is 0.547. The van der Waals surface area contributed by atoms with Crippen molar-refractivity contribution in [3.63, 3.8) is 0 Å². The number of hydrogen-bond acceptors (Lipinski definition) is 4. The Hall–Kier alpha value is -3.15. The van der Waals surface area contributed by atoms with E-state index < -0.39 is 0 Å². The first-order valence-electron chi connectivity index (χ1n) is 11.2. The average molecular weight is 436 g/mol. The van der Waals surface area contributed by atoms with E-state index in [-0.39, 0.29) is 16.8 Å². The van der Waals surface area contributed by atoms with E-state index in [0.717, 1.165) is 49.2 Å². The van der Waals surface area contributed by atoms with Crippen LogP contribution in [0.25, 0.3) is 0 Å². The summed E-state index contributed by atoms with van der Waals surface area (Å²) >= 11 is 0. The third-order valence-electron chi connectivity index (χ3n) is 6.63. The Balaban J connectivity index is 1.51. The van der Waals surface area contributed by atoms with E-state index in [1.807, 2.05) is 43.3 Å². The molecule has 2 heterocycles. The fourth-order valence-corrected chi connectivity index (χ4v) is 4.41. The van der Waals surface area contributed by atoms with Gasteiger partial charge in [-0.25, -0.2) is 9.37 Å². The molecule has 0 radical (unpaired) electrons. The summed E-state index contributed by atoms with van der Waals surface area (Å²) in [6, 6.07) is 15.0. The zero-order chi connectivity index (χ0) is 22.6. The molecule has 0 amide bonds. The largest absolute Gasteiger partial charge is 0.493 e. The summed E-state index contributed by atoms with van der Waals surface area (Å²) in [5.74, 6) is 1.23. The number of ether oxygens (including phenoxy) is 1. The van der Waals surface area contributed by atoms with Crippen molar-refractivity contribution >= 4 is 5.82 Å². The van der Waals surface area contributed by atoms with Crippen molar-refractivity contribution in [1.82, 2.24) is 9.55 Å². The van der Waals surface area contributed by atoms with Crippen LogP contribution in [0.1, 0.15) is 30.4 Å². The predicted molar refractivity (Wildman–Crippen MR) is 125 cm³/mol. The van der Waals surface area contributed by atoms with Gasteiger partial charge in [-0.05, 0) is 55.9 Å². The number of benzene rings is 2. The van der Waals surface area contributed by atoms with Crippen molar-refractivity contribution in [2.45, 2.75) is 32.6 Å². The number of piperidine rings is 1. The van der Waals surface area contributed by atoms with E-state index in [4.69, 9.17) is 4.74 Å². The van der Waals surface area contributed by atoms with Crippen molar-refractivity contribution in [1.29, 1.82) is 0 Å². The minimum Gasteiger partial charge on any atom is -0.493 e. The van der Waals surface area contributed by atoms with Gasteiger partial charge in [0.2, 0.25) is 0 Å². The van der Waals surface area contributed by atoms with Crippen LogP contribution in [-0.4, -0.2) is 29.2 Å². The number of aryl methyl sites for hydroxylation is 3. The van der Waals surface area contributed by atoms with Gasteiger partial charge < -0.3 is 14.2 Å². The molecule has 168 valence electrons. The molecule has 5 nitrogen and oxygen atoms in total. The molecule has 0 unspecified atom stereocenters. The lowest BCUT2D eigenvalue weighted by Gasteiger charge is -2.42. The third-order valence-corrected chi connectivity index (χ3v) is 6.63. The van der Waals surface area contributed by atoms with E-state index in [1.54, 1.807) is 30.1 Å². The first kappa shape index (κ1) is 22.1. The summed E-state index contributed by atoms with van der Waals surface area (Å²) in [5, 5.41) is 0. The highest BCUT2D eigenvalue weighted by Gasteiger charge is 2.36. The van der Waals surface area contributed by atoms with E-state index in [0.29, 0.717) is 18.8 Å². The molecule has 0 saturated carbocycles.